The minimum absolute atomic E-state index is 0.142. The van der Waals surface area contributed by atoms with Gasteiger partial charge in [0.25, 0.3) is 0 Å². The van der Waals surface area contributed by atoms with Crippen LogP contribution in [0.4, 0.5) is 10.5 Å². The second kappa shape index (κ2) is 10.1. The number of carbonyl (C=O) groups excluding carboxylic acids is 1. The fourth-order valence-electron chi connectivity index (χ4n) is 3.67. The molecule has 0 aliphatic carbocycles. The highest BCUT2D eigenvalue weighted by Crippen LogP contribution is 2.32. The third-order valence-corrected chi connectivity index (χ3v) is 5.50. The summed E-state index contributed by atoms with van der Waals surface area (Å²) < 4.78 is 10.9. The minimum Gasteiger partial charge on any atom is -0.513 e. The van der Waals surface area contributed by atoms with Crippen LogP contribution >= 0.6 is 0 Å². The van der Waals surface area contributed by atoms with Crippen molar-refractivity contribution in [3.8, 4) is 22.4 Å². The number of nitrogens with one attached hydrogen (secondary N) is 1. The van der Waals surface area contributed by atoms with Crippen LogP contribution in [0.15, 0.2) is 95.7 Å². The van der Waals surface area contributed by atoms with Crippen LogP contribution in [0.5, 0.6) is 0 Å². The van der Waals surface area contributed by atoms with Crippen molar-refractivity contribution in [3.63, 3.8) is 0 Å². The van der Waals surface area contributed by atoms with E-state index in [9.17, 15) is 9.90 Å². The normalized spacial score (nSPS) is 11.6. The van der Waals surface area contributed by atoms with Crippen molar-refractivity contribution >= 4 is 11.8 Å². The average Bonchev–Trinajstić information content (AvgIpc) is 3.19. The van der Waals surface area contributed by atoms with Gasteiger partial charge in [-0.05, 0) is 36.1 Å². The molecule has 0 unspecified atom stereocenters. The summed E-state index contributed by atoms with van der Waals surface area (Å²) in [6.07, 6.45) is -0.537. The van der Waals surface area contributed by atoms with E-state index in [0.29, 0.717) is 23.6 Å². The maximum Gasteiger partial charge on any atom is 0.412 e. The van der Waals surface area contributed by atoms with Crippen LogP contribution in [0.3, 0.4) is 0 Å². The molecule has 172 valence electrons. The summed E-state index contributed by atoms with van der Waals surface area (Å²) in [6, 6.07) is 25.3. The quantitative estimate of drug-likeness (QED) is 0.288. The number of hydrogen-bond acceptors (Lipinski definition) is 5. The molecule has 1 aromatic heterocycles. The van der Waals surface area contributed by atoms with Crippen LogP contribution in [0, 0.1) is 6.92 Å². The lowest BCUT2D eigenvalue weighted by Crippen LogP contribution is -2.16. The second-order valence-corrected chi connectivity index (χ2v) is 8.06. The number of aromatic nitrogens is 1. The number of aliphatic hydroxyl groups excluding tert-OH is 1. The summed E-state index contributed by atoms with van der Waals surface area (Å²) in [7, 11) is 0. The Kier molecular flexibility index (Phi) is 6.78. The number of aliphatic hydroxyl groups is 1. The second-order valence-electron chi connectivity index (χ2n) is 8.06. The fraction of sp³-hybridized carbons (Fsp3) is 0.143. The molecule has 4 rings (SSSR count). The van der Waals surface area contributed by atoms with Crippen LogP contribution in [-0.4, -0.2) is 16.4 Å². The monoisotopic (exact) mass is 454 g/mol. The molecule has 0 spiro atoms. The third-order valence-electron chi connectivity index (χ3n) is 5.50. The summed E-state index contributed by atoms with van der Waals surface area (Å²) in [5.74, 6) is 0.632. The molecule has 6 heteroatoms. The van der Waals surface area contributed by atoms with Gasteiger partial charge in [-0.1, -0.05) is 90.6 Å². The van der Waals surface area contributed by atoms with Crippen LogP contribution in [0.1, 0.15) is 29.9 Å². The predicted octanol–water partition coefficient (Wildman–Crippen LogP) is 7.24. The molecule has 0 saturated carbocycles. The molecule has 1 amide bonds. The van der Waals surface area contributed by atoms with E-state index in [1.165, 1.54) is 0 Å². The predicted molar refractivity (Wildman–Crippen MR) is 133 cm³/mol. The Hall–Kier alpha value is -4.32. The lowest BCUT2D eigenvalue weighted by molar-refractivity contribution is 0.121. The Labute approximate surface area is 198 Å². The summed E-state index contributed by atoms with van der Waals surface area (Å²) in [6.45, 7) is 7.09. The van der Waals surface area contributed by atoms with E-state index in [-0.39, 0.29) is 5.76 Å². The number of hydrogen-bond donors (Lipinski definition) is 2. The van der Waals surface area contributed by atoms with Gasteiger partial charge in [0.15, 0.2) is 5.76 Å². The van der Waals surface area contributed by atoms with E-state index in [1.807, 2.05) is 85.8 Å². The van der Waals surface area contributed by atoms with Gasteiger partial charge in [0, 0.05) is 12.0 Å². The SMILES string of the molecule is C=C(O)Cc1ccc(-c2ccc(-c3noc(C)c3NC(=O)O[C@H](C)c3ccccc3)cc2)cc1. The highest BCUT2D eigenvalue weighted by atomic mass is 16.6. The molecule has 1 atom stereocenters. The van der Waals surface area contributed by atoms with Crippen molar-refractivity contribution < 1.29 is 19.2 Å². The zero-order valence-electron chi connectivity index (χ0n) is 19.1. The number of nitrogens with zero attached hydrogens (tertiary/aromatic N) is 1. The summed E-state index contributed by atoms with van der Waals surface area (Å²) >= 11 is 0. The molecular formula is C28H26N2O4. The van der Waals surface area contributed by atoms with Crippen LogP contribution < -0.4 is 5.32 Å². The van der Waals surface area contributed by atoms with Gasteiger partial charge in [-0.15, -0.1) is 0 Å². The summed E-state index contributed by atoms with van der Waals surface area (Å²) in [5, 5.41) is 16.3. The number of rotatable bonds is 7. The van der Waals surface area contributed by atoms with Gasteiger partial charge in [0.05, 0.1) is 5.76 Å². The number of carbonyl (C=O) groups is 1. The maximum atomic E-state index is 12.5. The molecule has 3 aromatic carbocycles. The standard InChI is InChI=1S/C28H26N2O4/c1-18(31)17-21-9-11-23(12-10-21)24-13-15-25(16-14-24)27-26(20(3)34-30-27)29-28(32)33-19(2)22-7-5-4-6-8-22/h4-16,19,31H,1,17H2,2-3H3,(H,29,32)/t19-/m1/s1. The van der Waals surface area contributed by atoms with Gasteiger partial charge >= 0.3 is 6.09 Å². The van der Waals surface area contributed by atoms with Crippen LogP contribution in [0.25, 0.3) is 22.4 Å². The Bertz CT molecular complexity index is 1280. The molecule has 0 saturated heterocycles. The zero-order chi connectivity index (χ0) is 24.1. The highest BCUT2D eigenvalue weighted by molar-refractivity contribution is 5.91. The zero-order valence-corrected chi connectivity index (χ0v) is 19.1. The number of aryl methyl sites for hydroxylation is 1. The number of amides is 1. The first-order valence-corrected chi connectivity index (χ1v) is 11.0. The molecule has 0 fully saturated rings. The lowest BCUT2D eigenvalue weighted by atomic mass is 10.0. The molecule has 0 radical (unpaired) electrons. The van der Waals surface area contributed by atoms with Gasteiger partial charge in [-0.2, -0.15) is 0 Å². The molecular weight excluding hydrogens is 428 g/mol. The minimum atomic E-state index is -0.578. The Morgan fingerprint density at radius 3 is 2.21 bits per heavy atom. The van der Waals surface area contributed by atoms with Gasteiger partial charge in [-0.25, -0.2) is 4.79 Å². The van der Waals surface area contributed by atoms with Crippen molar-refractivity contribution in [3.05, 3.63) is 108 Å². The topological polar surface area (TPSA) is 84.6 Å². The van der Waals surface area contributed by atoms with E-state index in [0.717, 1.165) is 27.8 Å². The first kappa shape index (κ1) is 22.9. The third kappa shape index (κ3) is 5.35. The first-order chi connectivity index (χ1) is 16.4. The summed E-state index contributed by atoms with van der Waals surface area (Å²) in [5.41, 5.74) is 5.80. The van der Waals surface area contributed by atoms with Gasteiger partial charge < -0.3 is 14.4 Å². The van der Waals surface area contributed by atoms with Gasteiger partial charge in [0.1, 0.15) is 17.5 Å². The number of ether oxygens (including phenoxy) is 1. The first-order valence-electron chi connectivity index (χ1n) is 11.0. The van der Waals surface area contributed by atoms with Gasteiger partial charge in [0.2, 0.25) is 0 Å². The molecule has 6 nitrogen and oxygen atoms in total. The molecule has 2 N–H and O–H groups in total. The van der Waals surface area contributed by atoms with E-state index >= 15 is 0 Å². The fourth-order valence-corrected chi connectivity index (χ4v) is 3.67. The largest absolute Gasteiger partial charge is 0.513 e. The van der Waals surface area contributed by atoms with E-state index in [4.69, 9.17) is 9.26 Å². The average molecular weight is 455 g/mol. The Morgan fingerprint density at radius 1 is 1.00 bits per heavy atom. The van der Waals surface area contributed by atoms with Crippen molar-refractivity contribution in [1.82, 2.24) is 5.16 Å². The van der Waals surface area contributed by atoms with Crippen molar-refractivity contribution in [1.29, 1.82) is 0 Å². The van der Waals surface area contributed by atoms with Crippen molar-refractivity contribution in [2.45, 2.75) is 26.4 Å². The number of benzene rings is 3. The van der Waals surface area contributed by atoms with Crippen molar-refractivity contribution in [2.75, 3.05) is 5.32 Å². The van der Waals surface area contributed by atoms with Crippen LogP contribution in [0.2, 0.25) is 0 Å². The van der Waals surface area contributed by atoms with Crippen molar-refractivity contribution in [2.24, 2.45) is 0 Å². The van der Waals surface area contributed by atoms with E-state index < -0.39 is 12.2 Å². The van der Waals surface area contributed by atoms with Crippen LogP contribution in [-0.2, 0) is 11.2 Å². The molecule has 0 aliphatic rings. The lowest BCUT2D eigenvalue weighted by Gasteiger charge is -2.14. The summed E-state index contributed by atoms with van der Waals surface area (Å²) in [4.78, 5) is 12.5. The molecule has 1 heterocycles. The highest BCUT2D eigenvalue weighted by Gasteiger charge is 2.19. The Balaban J connectivity index is 1.48. The maximum absolute atomic E-state index is 12.5. The smallest absolute Gasteiger partial charge is 0.412 e. The molecule has 34 heavy (non-hydrogen) atoms. The van der Waals surface area contributed by atoms with E-state index in [1.54, 1.807) is 6.92 Å². The molecule has 4 aromatic rings. The number of allylic oxidation sites excluding steroid dienone is 1. The molecule has 0 bridgehead atoms. The number of anilines is 1. The Morgan fingerprint density at radius 2 is 1.59 bits per heavy atom. The molecule has 0 aliphatic heterocycles. The van der Waals surface area contributed by atoms with E-state index in [2.05, 4.69) is 17.1 Å². The van der Waals surface area contributed by atoms with Gasteiger partial charge in [-0.3, -0.25) is 5.32 Å².